The average molecular weight is 520 g/mol. The van der Waals surface area contributed by atoms with Crippen LogP contribution in [0.5, 0.6) is 0 Å². The minimum atomic E-state index is -2.39. The van der Waals surface area contributed by atoms with E-state index in [0.717, 1.165) is 0 Å². The van der Waals surface area contributed by atoms with Gasteiger partial charge in [-0.05, 0) is 61.9 Å². The van der Waals surface area contributed by atoms with Crippen LogP contribution in [0.25, 0.3) is 0 Å². The summed E-state index contributed by atoms with van der Waals surface area (Å²) in [5.74, 6) is -1.63. The van der Waals surface area contributed by atoms with Gasteiger partial charge in [-0.15, -0.1) is 0 Å². The Morgan fingerprint density at radius 3 is 1.53 bits per heavy atom. The molecule has 0 radical (unpaired) electrons. The molecule has 0 saturated carbocycles. The van der Waals surface area contributed by atoms with Crippen LogP contribution in [0.15, 0.2) is 0 Å². The first-order chi connectivity index (χ1) is 15.2. The van der Waals surface area contributed by atoms with E-state index in [2.05, 4.69) is 0 Å². The second kappa shape index (κ2) is 13.1. The molecule has 0 rings (SSSR count). The molecule has 0 bridgehead atoms. The summed E-state index contributed by atoms with van der Waals surface area (Å²) >= 11 is 0. The van der Waals surface area contributed by atoms with Crippen molar-refractivity contribution in [1.82, 2.24) is 9.80 Å². The van der Waals surface area contributed by atoms with Crippen molar-refractivity contribution in [3.8, 4) is 0 Å². The van der Waals surface area contributed by atoms with Gasteiger partial charge in [0.05, 0.1) is 19.5 Å². The molecule has 0 atom stereocenters. The fourth-order valence-corrected chi connectivity index (χ4v) is 4.89. The van der Waals surface area contributed by atoms with Gasteiger partial charge in [0.1, 0.15) is 0 Å². The van der Waals surface area contributed by atoms with E-state index in [1.807, 2.05) is 53.9 Å². The summed E-state index contributed by atoms with van der Waals surface area (Å²) in [5.41, 5.74) is 5.57. The van der Waals surface area contributed by atoms with Crippen LogP contribution in [0.1, 0.15) is 59.8 Å². The maximum absolute atomic E-state index is 13.1. The van der Waals surface area contributed by atoms with Crippen molar-refractivity contribution >= 4 is 34.4 Å². The molecule has 2 amide bonds. The zero-order valence-corrected chi connectivity index (χ0v) is 24.6. The van der Waals surface area contributed by atoms with Gasteiger partial charge in [-0.25, -0.2) is 0 Å². The molecule has 0 aliphatic heterocycles. The van der Waals surface area contributed by atoms with E-state index in [1.54, 1.807) is 0 Å². The fourth-order valence-electron chi connectivity index (χ4n) is 3.31. The van der Waals surface area contributed by atoms with E-state index >= 15 is 0 Å². The highest BCUT2D eigenvalue weighted by Gasteiger charge is 2.38. The number of carboxylic acid groups (broad SMARTS) is 1. The lowest BCUT2D eigenvalue weighted by molar-refractivity contribution is -0.142. The molecule has 0 unspecified atom stereocenters. The molecule has 0 aromatic heterocycles. The number of carboxylic acids is 1. The predicted molar refractivity (Wildman–Crippen MR) is 140 cm³/mol. The van der Waals surface area contributed by atoms with E-state index in [1.165, 1.54) is 9.80 Å². The molecule has 0 aliphatic rings. The van der Waals surface area contributed by atoms with Gasteiger partial charge in [0, 0.05) is 19.6 Å². The van der Waals surface area contributed by atoms with Crippen molar-refractivity contribution in [2.45, 2.75) is 96.1 Å². The summed E-state index contributed by atoms with van der Waals surface area (Å²) in [6, 6.07) is 0. The highest BCUT2D eigenvalue weighted by atomic mass is 28.4. The Bertz CT molecular complexity index is 687. The largest absolute Gasteiger partial charge is 0.481 e. The number of rotatable bonds is 16. The summed E-state index contributed by atoms with van der Waals surface area (Å²) in [6.45, 7) is 16.0. The van der Waals surface area contributed by atoms with Crippen molar-refractivity contribution in [2.75, 3.05) is 32.7 Å². The molecular weight excluding hydrogens is 470 g/mol. The fraction of sp³-hybridized carbons (Fsp3) is 0.870. The lowest BCUT2D eigenvalue weighted by atomic mass is 10.1. The molecule has 0 aliphatic carbocycles. The summed E-state index contributed by atoms with van der Waals surface area (Å²) in [5, 5.41) is 8.63. The Morgan fingerprint density at radius 2 is 1.18 bits per heavy atom. The van der Waals surface area contributed by atoms with Crippen molar-refractivity contribution in [2.24, 2.45) is 5.73 Å². The average Bonchev–Trinajstić information content (AvgIpc) is 2.66. The molecule has 0 aromatic rings. The third kappa shape index (κ3) is 11.0. The summed E-state index contributed by atoms with van der Waals surface area (Å²) < 4.78 is 0. The minimum absolute atomic E-state index is 0.0660. The van der Waals surface area contributed by atoms with Gasteiger partial charge >= 0.3 is 5.97 Å². The molecule has 9 nitrogen and oxygen atoms in total. The first kappa shape index (κ1) is 32.7. The zero-order valence-electron chi connectivity index (χ0n) is 22.6. The molecule has 0 heterocycles. The van der Waals surface area contributed by atoms with Crippen LogP contribution in [-0.2, 0) is 14.4 Å². The Morgan fingerprint density at radius 1 is 0.765 bits per heavy atom. The van der Waals surface area contributed by atoms with E-state index in [4.69, 9.17) is 10.8 Å². The molecule has 0 saturated heterocycles. The second-order valence-corrected chi connectivity index (χ2v) is 20.6. The van der Waals surface area contributed by atoms with Gasteiger partial charge in [-0.3, -0.25) is 14.4 Å². The monoisotopic (exact) mass is 519 g/mol. The smallest absolute Gasteiger partial charge is 0.305 e. The highest BCUT2D eigenvalue weighted by Crippen LogP contribution is 2.40. The van der Waals surface area contributed by atoms with Crippen LogP contribution in [0.2, 0.25) is 36.3 Å². The number of hydrogen-bond acceptors (Lipinski definition) is 6. The van der Waals surface area contributed by atoms with Crippen LogP contribution in [0, 0.1) is 0 Å². The lowest BCUT2D eigenvalue weighted by Gasteiger charge is -2.36. The lowest BCUT2D eigenvalue weighted by Crippen LogP contribution is -2.46. The minimum Gasteiger partial charge on any atom is -0.481 e. The van der Waals surface area contributed by atoms with Crippen LogP contribution < -0.4 is 5.73 Å². The molecule has 5 N–H and O–H groups in total. The van der Waals surface area contributed by atoms with Crippen LogP contribution >= 0.6 is 0 Å². The van der Waals surface area contributed by atoms with Crippen molar-refractivity contribution in [3.05, 3.63) is 0 Å². The highest BCUT2D eigenvalue weighted by molar-refractivity contribution is 6.73. The van der Waals surface area contributed by atoms with Gasteiger partial charge in [0.25, 0.3) is 0 Å². The van der Waals surface area contributed by atoms with E-state index in [0.29, 0.717) is 38.8 Å². The quantitative estimate of drug-likeness (QED) is 0.229. The van der Waals surface area contributed by atoms with E-state index in [9.17, 15) is 24.0 Å². The summed E-state index contributed by atoms with van der Waals surface area (Å²) in [6.07, 6.45) is 2.50. The molecular formula is C23H49N3O6Si2. The van der Waals surface area contributed by atoms with Gasteiger partial charge in [0.2, 0.25) is 11.8 Å². The molecule has 200 valence electrons. The summed E-state index contributed by atoms with van der Waals surface area (Å²) in [7, 11) is -4.77. The first-order valence-corrected chi connectivity index (χ1v) is 18.1. The number of hydrogen-bond donors (Lipinski definition) is 4. The van der Waals surface area contributed by atoms with Gasteiger partial charge in [0.15, 0.2) is 16.6 Å². The van der Waals surface area contributed by atoms with E-state index in [-0.39, 0.29) is 47.9 Å². The predicted octanol–water partition coefficient (Wildman–Crippen LogP) is 2.59. The Labute approximate surface area is 208 Å². The maximum Gasteiger partial charge on any atom is 0.305 e. The second-order valence-electron chi connectivity index (χ2n) is 11.6. The number of aliphatic carboxylic acids is 1. The molecule has 0 fully saturated rings. The third-order valence-corrected chi connectivity index (χ3v) is 14.7. The summed E-state index contributed by atoms with van der Waals surface area (Å²) in [4.78, 5) is 60.6. The van der Waals surface area contributed by atoms with Gasteiger partial charge < -0.3 is 30.2 Å². The van der Waals surface area contributed by atoms with Crippen LogP contribution in [-0.4, -0.2) is 91.6 Å². The zero-order chi connectivity index (χ0) is 27.0. The topological polar surface area (TPSA) is 144 Å². The number of nitrogens with two attached hydrogens (primary N) is 1. The Hall–Kier alpha value is -1.28. The van der Waals surface area contributed by atoms with Gasteiger partial charge in [-0.2, -0.15) is 0 Å². The van der Waals surface area contributed by atoms with E-state index < -0.39 is 22.6 Å². The first-order valence-electron chi connectivity index (χ1n) is 12.2. The third-order valence-electron chi connectivity index (χ3n) is 7.57. The Balaban J connectivity index is 5.25. The number of carbonyl (C=O) groups excluding carboxylic acids is 2. The normalized spacial score (nSPS) is 13.0. The standard InChI is InChI=1S/C23H49N3O6Si2/c1-22(2,33(5,6)31)12-9-14-25(16-11-21(29)30)20(28)18-26(19(27)17-24)15-10-13-23(3,4)34(7,8)32/h31-32H,9-18,24H2,1-8H3,(H,29,30). The van der Waals surface area contributed by atoms with Crippen LogP contribution in [0.4, 0.5) is 0 Å². The van der Waals surface area contributed by atoms with Gasteiger partial charge in [-0.1, -0.05) is 27.7 Å². The molecule has 11 heteroatoms. The number of carbonyl (C=O) groups is 3. The maximum atomic E-state index is 13.1. The van der Waals surface area contributed by atoms with Crippen molar-refractivity contribution in [3.63, 3.8) is 0 Å². The number of amides is 2. The number of nitrogens with zero attached hydrogens (tertiary/aromatic N) is 2. The van der Waals surface area contributed by atoms with Crippen molar-refractivity contribution in [1.29, 1.82) is 0 Å². The molecule has 0 aromatic carbocycles. The Kier molecular flexibility index (Phi) is 12.7. The molecule has 0 spiro atoms. The van der Waals surface area contributed by atoms with Crippen LogP contribution in [0.3, 0.4) is 0 Å². The van der Waals surface area contributed by atoms with Crippen molar-refractivity contribution < 1.29 is 29.1 Å². The molecule has 34 heavy (non-hydrogen) atoms. The SMILES string of the molecule is CC(C)(CCCN(CCC(=O)O)C(=O)CN(CCCC(C)(C)[Si](C)(C)O)C(=O)CN)[Si](C)(C)O.